The summed E-state index contributed by atoms with van der Waals surface area (Å²) in [6.45, 7) is 1.96. The molecule has 0 bridgehead atoms. The molecular formula is C12H24O7. The lowest BCUT2D eigenvalue weighted by Crippen LogP contribution is -2.37. The van der Waals surface area contributed by atoms with Crippen LogP contribution in [0.25, 0.3) is 0 Å². The first-order chi connectivity index (χ1) is 8.91. The molecule has 0 unspecified atom stereocenters. The van der Waals surface area contributed by atoms with Crippen molar-refractivity contribution < 1.29 is 34.8 Å². The summed E-state index contributed by atoms with van der Waals surface area (Å²) in [5, 5.41) is 34.0. The fourth-order valence-corrected chi connectivity index (χ4v) is 0.811. The largest absolute Gasteiger partial charge is 0.466 e. The smallest absolute Gasteiger partial charge is 0.306 e. The molecule has 0 atom stereocenters. The van der Waals surface area contributed by atoms with Crippen molar-refractivity contribution >= 4 is 11.8 Å². The van der Waals surface area contributed by atoms with E-state index in [1.54, 1.807) is 6.92 Å². The number of aliphatic hydroxyl groups is 4. The van der Waals surface area contributed by atoms with Crippen molar-refractivity contribution in [3.8, 4) is 0 Å². The lowest BCUT2D eigenvalue weighted by molar-refractivity contribution is -0.144. The van der Waals surface area contributed by atoms with E-state index < -0.39 is 31.8 Å². The maximum atomic E-state index is 10.6. The Kier molecular flexibility index (Phi) is 12.9. The molecule has 0 rings (SSSR count). The molecule has 0 fully saturated rings. The van der Waals surface area contributed by atoms with Gasteiger partial charge in [-0.25, -0.2) is 0 Å². The Bertz CT molecular complexity index is 231. The molecule has 4 N–H and O–H groups in total. The molecular weight excluding hydrogens is 256 g/mol. The van der Waals surface area contributed by atoms with Crippen molar-refractivity contribution in [1.82, 2.24) is 0 Å². The number of Topliss-reactive ketones (excluding diaryl/α,β-unsaturated/α-hetero) is 1. The zero-order valence-electron chi connectivity index (χ0n) is 11.5. The zero-order chi connectivity index (χ0) is 15.3. The van der Waals surface area contributed by atoms with Crippen LogP contribution in [0.15, 0.2) is 0 Å². The third kappa shape index (κ3) is 10.6. The Balaban J connectivity index is 0. The van der Waals surface area contributed by atoms with Gasteiger partial charge in [-0.1, -0.05) is 0 Å². The molecule has 0 aromatic heterocycles. The van der Waals surface area contributed by atoms with E-state index in [1.807, 2.05) is 0 Å². The number of ether oxygens (including phenoxy) is 1. The Morgan fingerprint density at radius 1 is 0.947 bits per heavy atom. The lowest BCUT2D eigenvalue weighted by atomic mass is 9.93. The maximum Gasteiger partial charge on any atom is 0.306 e. The first-order valence-corrected chi connectivity index (χ1v) is 5.99. The Hall–Kier alpha value is -1.02. The quantitative estimate of drug-likeness (QED) is 0.414. The molecule has 0 spiro atoms. The maximum absolute atomic E-state index is 10.6. The van der Waals surface area contributed by atoms with Crippen molar-refractivity contribution in [2.45, 2.75) is 26.7 Å². The highest BCUT2D eigenvalue weighted by Gasteiger charge is 2.26. The highest BCUT2D eigenvalue weighted by Crippen LogP contribution is 2.11. The standard InChI is InChI=1S/C7H12O3.C5H12O4/c1-3-10-7(9)5-4-6(2)8;6-1-5(2-7,3-8)4-9/h3-5H2,1-2H3;6-9H,1-4H2. The normalized spacial score (nSPS) is 10.4. The summed E-state index contributed by atoms with van der Waals surface area (Å²) < 4.78 is 4.60. The summed E-state index contributed by atoms with van der Waals surface area (Å²) in [5.74, 6) is -0.272. The van der Waals surface area contributed by atoms with E-state index in [1.165, 1.54) is 6.92 Å². The number of hydrogen-bond donors (Lipinski definition) is 4. The molecule has 0 aromatic rings. The van der Waals surface area contributed by atoms with Crippen LogP contribution in [0.4, 0.5) is 0 Å². The van der Waals surface area contributed by atoms with Crippen LogP contribution in [0, 0.1) is 5.41 Å². The van der Waals surface area contributed by atoms with Gasteiger partial charge in [0.2, 0.25) is 0 Å². The van der Waals surface area contributed by atoms with E-state index in [-0.39, 0.29) is 18.2 Å². The molecule has 0 radical (unpaired) electrons. The van der Waals surface area contributed by atoms with E-state index >= 15 is 0 Å². The fraction of sp³-hybridized carbons (Fsp3) is 0.833. The SMILES string of the molecule is CCOC(=O)CCC(C)=O.OCC(CO)(CO)CO. The molecule has 0 saturated carbocycles. The summed E-state index contributed by atoms with van der Waals surface area (Å²) in [6.07, 6.45) is 0.502. The number of ketones is 1. The van der Waals surface area contributed by atoms with Crippen molar-refractivity contribution in [3.05, 3.63) is 0 Å². The summed E-state index contributed by atoms with van der Waals surface area (Å²) >= 11 is 0. The van der Waals surface area contributed by atoms with E-state index in [9.17, 15) is 9.59 Å². The van der Waals surface area contributed by atoms with Crippen LogP contribution in [0.2, 0.25) is 0 Å². The van der Waals surface area contributed by atoms with Gasteiger partial charge in [0.25, 0.3) is 0 Å². The summed E-state index contributed by atoms with van der Waals surface area (Å²) in [5.41, 5.74) is -1.11. The predicted molar refractivity (Wildman–Crippen MR) is 67.3 cm³/mol. The van der Waals surface area contributed by atoms with Gasteiger partial charge in [-0.2, -0.15) is 0 Å². The first kappa shape index (κ1) is 20.3. The van der Waals surface area contributed by atoms with Gasteiger partial charge >= 0.3 is 5.97 Å². The molecule has 19 heavy (non-hydrogen) atoms. The van der Waals surface area contributed by atoms with Crippen LogP contribution in [-0.4, -0.2) is 65.2 Å². The third-order valence-corrected chi connectivity index (χ3v) is 2.33. The molecule has 0 saturated heterocycles. The average molecular weight is 280 g/mol. The molecule has 7 heteroatoms. The van der Waals surface area contributed by atoms with E-state index in [4.69, 9.17) is 20.4 Å². The second-order valence-electron chi connectivity index (χ2n) is 4.14. The molecule has 7 nitrogen and oxygen atoms in total. The van der Waals surface area contributed by atoms with Gasteiger partial charge in [0, 0.05) is 6.42 Å². The van der Waals surface area contributed by atoms with Gasteiger partial charge in [-0.3, -0.25) is 4.79 Å². The molecule has 0 aliphatic heterocycles. The van der Waals surface area contributed by atoms with Crippen molar-refractivity contribution in [3.63, 3.8) is 0 Å². The van der Waals surface area contributed by atoms with Gasteiger partial charge in [-0.15, -0.1) is 0 Å². The summed E-state index contributed by atoms with van der Waals surface area (Å²) in [7, 11) is 0. The Morgan fingerprint density at radius 3 is 1.58 bits per heavy atom. The molecule has 0 heterocycles. The molecule has 0 aromatic carbocycles. The summed E-state index contributed by atoms with van der Waals surface area (Å²) in [4.78, 5) is 20.9. The van der Waals surface area contributed by atoms with Crippen LogP contribution in [0.1, 0.15) is 26.7 Å². The van der Waals surface area contributed by atoms with Crippen molar-refractivity contribution in [2.24, 2.45) is 5.41 Å². The topological polar surface area (TPSA) is 124 Å². The second-order valence-corrected chi connectivity index (χ2v) is 4.14. The average Bonchev–Trinajstić information content (AvgIpc) is 2.41. The van der Waals surface area contributed by atoms with E-state index in [0.717, 1.165) is 0 Å². The van der Waals surface area contributed by atoms with Gasteiger partial charge in [0.05, 0.1) is 44.9 Å². The Labute approximate surface area is 112 Å². The fourth-order valence-electron chi connectivity index (χ4n) is 0.811. The van der Waals surface area contributed by atoms with Gasteiger partial charge < -0.3 is 30.0 Å². The van der Waals surface area contributed by atoms with E-state index in [2.05, 4.69) is 4.74 Å². The van der Waals surface area contributed by atoms with Gasteiger partial charge in [0.1, 0.15) is 5.78 Å². The molecule has 114 valence electrons. The number of carbonyl (C=O) groups is 2. The minimum atomic E-state index is -1.11. The van der Waals surface area contributed by atoms with Gasteiger partial charge in [0.15, 0.2) is 0 Å². The lowest BCUT2D eigenvalue weighted by Gasteiger charge is -2.23. The molecule has 0 aliphatic rings. The zero-order valence-corrected chi connectivity index (χ0v) is 11.5. The number of hydrogen-bond acceptors (Lipinski definition) is 7. The van der Waals surface area contributed by atoms with Crippen molar-refractivity contribution in [1.29, 1.82) is 0 Å². The highest BCUT2D eigenvalue weighted by molar-refractivity contribution is 5.80. The number of aliphatic hydroxyl groups excluding tert-OH is 4. The Morgan fingerprint density at radius 2 is 1.37 bits per heavy atom. The monoisotopic (exact) mass is 280 g/mol. The van der Waals surface area contributed by atoms with Crippen LogP contribution in [0.5, 0.6) is 0 Å². The minimum Gasteiger partial charge on any atom is -0.466 e. The predicted octanol–water partition coefficient (Wildman–Crippen LogP) is -1.14. The van der Waals surface area contributed by atoms with Crippen LogP contribution in [-0.2, 0) is 14.3 Å². The molecule has 0 aliphatic carbocycles. The third-order valence-electron chi connectivity index (χ3n) is 2.33. The number of esters is 1. The first-order valence-electron chi connectivity index (χ1n) is 5.99. The van der Waals surface area contributed by atoms with Crippen LogP contribution in [0.3, 0.4) is 0 Å². The van der Waals surface area contributed by atoms with Crippen LogP contribution < -0.4 is 0 Å². The van der Waals surface area contributed by atoms with E-state index in [0.29, 0.717) is 13.0 Å². The number of carbonyl (C=O) groups excluding carboxylic acids is 2. The van der Waals surface area contributed by atoms with Crippen molar-refractivity contribution in [2.75, 3.05) is 33.0 Å². The highest BCUT2D eigenvalue weighted by atomic mass is 16.5. The van der Waals surface area contributed by atoms with Crippen LogP contribution >= 0.6 is 0 Å². The summed E-state index contributed by atoms with van der Waals surface area (Å²) in [6, 6.07) is 0. The number of rotatable bonds is 8. The minimum absolute atomic E-state index is 0.0213. The second kappa shape index (κ2) is 12.0. The molecule has 0 amide bonds. The van der Waals surface area contributed by atoms with Gasteiger partial charge in [-0.05, 0) is 13.8 Å².